The van der Waals surface area contributed by atoms with Crippen LogP contribution in [0, 0.1) is 24.7 Å². The Balaban J connectivity index is 1.07. The van der Waals surface area contributed by atoms with Crippen molar-refractivity contribution in [1.82, 2.24) is 19.8 Å². The third-order valence-corrected chi connectivity index (χ3v) is 11.6. The van der Waals surface area contributed by atoms with Crippen molar-refractivity contribution in [2.45, 2.75) is 96.2 Å². The monoisotopic (exact) mass is 724 g/mol. The number of likely N-dealkylation sites (tertiary alicyclic amines) is 2. The van der Waals surface area contributed by atoms with Gasteiger partial charge in [-0.25, -0.2) is 14.8 Å². The summed E-state index contributed by atoms with van der Waals surface area (Å²) in [6, 6.07) is 7.00. The molecule has 282 valence electrons. The SMILES string of the molecule is COc1cc2nc(C)nc(N[C@H](C)c3cc(N)cc(C(F)(F)F)c3)c2cc1C1CCC(C(=O)N2CCC(CCC3CCN(C(=O)O)CC3)CC2)CC1. The molecule has 52 heavy (non-hydrogen) atoms. The second kappa shape index (κ2) is 15.8. The number of nitrogens with two attached hydrogens (primary N) is 1. The predicted molar refractivity (Wildman–Crippen MR) is 194 cm³/mol. The molecule has 1 saturated carbocycles. The maximum Gasteiger partial charge on any atom is 0.416 e. The molecule has 0 radical (unpaired) electrons. The summed E-state index contributed by atoms with van der Waals surface area (Å²) in [6.45, 7) is 6.43. The van der Waals surface area contributed by atoms with Gasteiger partial charge in [0, 0.05) is 49.2 Å². The fraction of sp³-hybridized carbons (Fsp3) is 0.590. The first-order valence-corrected chi connectivity index (χ1v) is 18.7. The molecule has 1 aromatic heterocycles. The Kier molecular flexibility index (Phi) is 11.4. The van der Waals surface area contributed by atoms with Crippen LogP contribution in [0.4, 0.5) is 29.5 Å². The number of rotatable bonds is 9. The standard InChI is InChI=1S/C39H51F3N6O4/c1-23(29-18-30(39(40,41)42)20-31(43)19-29)44-36-33-21-32(35(52-3)22-34(33)45-24(2)46-36)27-6-8-28(9-7-27)37(49)47-14-10-25(11-15-47)4-5-26-12-16-48(17-13-26)38(50)51/h18-23,25-28H,4-17,43H2,1-3H3,(H,50,51)(H,44,45,46)/t23-,27?,28?/m1/s1. The van der Waals surface area contributed by atoms with Crippen molar-refractivity contribution >= 4 is 34.4 Å². The summed E-state index contributed by atoms with van der Waals surface area (Å²) in [5.74, 6) is 3.42. The second-order valence-electron chi connectivity index (χ2n) is 15.1. The Labute approximate surface area is 303 Å². The zero-order chi connectivity index (χ0) is 37.2. The third-order valence-electron chi connectivity index (χ3n) is 11.6. The average Bonchev–Trinajstić information content (AvgIpc) is 3.13. The molecule has 2 amide bonds. The number of nitrogens with zero attached hydrogens (tertiary/aromatic N) is 4. The van der Waals surface area contributed by atoms with Gasteiger partial charge in [-0.2, -0.15) is 13.2 Å². The van der Waals surface area contributed by atoms with Gasteiger partial charge in [0.2, 0.25) is 5.91 Å². The van der Waals surface area contributed by atoms with Gasteiger partial charge < -0.3 is 30.7 Å². The van der Waals surface area contributed by atoms with Crippen molar-refractivity contribution < 1.29 is 32.6 Å². The number of carbonyl (C=O) groups excluding carboxylic acids is 1. The first-order valence-electron chi connectivity index (χ1n) is 18.7. The highest BCUT2D eigenvalue weighted by atomic mass is 19.4. The van der Waals surface area contributed by atoms with E-state index in [1.807, 2.05) is 12.1 Å². The lowest BCUT2D eigenvalue weighted by atomic mass is 9.77. The molecule has 10 nitrogen and oxygen atoms in total. The normalized spacial score (nSPS) is 21.3. The highest BCUT2D eigenvalue weighted by molar-refractivity contribution is 5.91. The van der Waals surface area contributed by atoms with E-state index in [2.05, 4.69) is 20.2 Å². The number of alkyl halides is 3. The molecule has 3 heterocycles. The number of carbonyl (C=O) groups is 2. The molecule has 3 aliphatic rings. The Bertz CT molecular complexity index is 1750. The summed E-state index contributed by atoms with van der Waals surface area (Å²) in [6.07, 6.45) is 4.18. The molecule has 13 heteroatoms. The third kappa shape index (κ3) is 8.66. The number of ether oxygens (including phenoxy) is 1. The van der Waals surface area contributed by atoms with Gasteiger partial charge in [-0.3, -0.25) is 4.79 Å². The number of halogens is 3. The second-order valence-corrected chi connectivity index (χ2v) is 15.1. The summed E-state index contributed by atoms with van der Waals surface area (Å²) >= 11 is 0. The van der Waals surface area contributed by atoms with Gasteiger partial charge in [0.1, 0.15) is 17.4 Å². The lowest BCUT2D eigenvalue weighted by Gasteiger charge is -2.37. The van der Waals surface area contributed by atoms with E-state index in [1.165, 1.54) is 11.0 Å². The fourth-order valence-corrected chi connectivity index (χ4v) is 8.51. The van der Waals surface area contributed by atoms with Crippen LogP contribution in [0.25, 0.3) is 10.9 Å². The molecule has 2 saturated heterocycles. The molecule has 0 spiro atoms. The van der Waals surface area contributed by atoms with Gasteiger partial charge in [0.25, 0.3) is 0 Å². The molecule has 6 rings (SSSR count). The molecular formula is C39H51F3N6O4. The van der Waals surface area contributed by atoms with E-state index < -0.39 is 23.9 Å². The number of nitrogen functional groups attached to an aromatic ring is 1. The minimum absolute atomic E-state index is 0.00243. The molecule has 4 N–H and O–H groups in total. The number of amides is 2. The Morgan fingerprint density at radius 2 is 1.54 bits per heavy atom. The quantitative estimate of drug-likeness (QED) is 0.187. The molecule has 0 bridgehead atoms. The number of fused-ring (bicyclic) bond motifs is 1. The summed E-state index contributed by atoms with van der Waals surface area (Å²) in [4.78, 5) is 37.7. The first-order chi connectivity index (χ1) is 24.8. The number of anilines is 2. The van der Waals surface area contributed by atoms with Gasteiger partial charge in [-0.1, -0.05) is 12.8 Å². The number of aromatic nitrogens is 2. The minimum atomic E-state index is -4.51. The van der Waals surface area contributed by atoms with Crippen molar-refractivity contribution in [3.05, 3.63) is 52.8 Å². The maximum absolute atomic E-state index is 13.6. The van der Waals surface area contributed by atoms with Crippen LogP contribution in [0.5, 0.6) is 5.75 Å². The highest BCUT2D eigenvalue weighted by Gasteiger charge is 2.34. The lowest BCUT2D eigenvalue weighted by Crippen LogP contribution is -2.42. The molecule has 0 unspecified atom stereocenters. The fourth-order valence-electron chi connectivity index (χ4n) is 8.51. The smallest absolute Gasteiger partial charge is 0.416 e. The Morgan fingerprint density at radius 1 is 0.923 bits per heavy atom. The van der Waals surface area contributed by atoms with Crippen LogP contribution in [0.1, 0.15) is 106 Å². The van der Waals surface area contributed by atoms with Gasteiger partial charge in [-0.15, -0.1) is 0 Å². The number of carboxylic acid groups (broad SMARTS) is 1. The van der Waals surface area contributed by atoms with E-state index in [0.717, 1.165) is 106 Å². The topological polar surface area (TPSA) is 134 Å². The van der Waals surface area contributed by atoms with Crippen LogP contribution in [0.2, 0.25) is 0 Å². The average molecular weight is 725 g/mol. The van der Waals surface area contributed by atoms with Gasteiger partial charge in [0.15, 0.2) is 0 Å². The van der Waals surface area contributed by atoms with Crippen LogP contribution in [0.3, 0.4) is 0 Å². The number of hydrogen-bond acceptors (Lipinski definition) is 7. The first kappa shape index (κ1) is 37.5. The van der Waals surface area contributed by atoms with Crippen molar-refractivity contribution in [2.24, 2.45) is 17.8 Å². The van der Waals surface area contributed by atoms with Gasteiger partial charge >= 0.3 is 12.3 Å². The van der Waals surface area contributed by atoms with E-state index in [1.54, 1.807) is 21.0 Å². The van der Waals surface area contributed by atoms with Gasteiger partial charge in [0.05, 0.1) is 24.2 Å². The van der Waals surface area contributed by atoms with Gasteiger partial charge in [-0.05, 0) is 118 Å². The zero-order valence-electron chi connectivity index (χ0n) is 30.3. The van der Waals surface area contributed by atoms with E-state index in [9.17, 15) is 27.9 Å². The number of hydrogen-bond donors (Lipinski definition) is 3. The molecule has 1 aliphatic carbocycles. The predicted octanol–water partition coefficient (Wildman–Crippen LogP) is 8.40. The van der Waals surface area contributed by atoms with Crippen LogP contribution in [-0.4, -0.2) is 70.2 Å². The van der Waals surface area contributed by atoms with Crippen LogP contribution >= 0.6 is 0 Å². The molecule has 3 fully saturated rings. The summed E-state index contributed by atoms with van der Waals surface area (Å²) < 4.78 is 46.4. The number of nitrogens with one attached hydrogen (secondary N) is 1. The summed E-state index contributed by atoms with van der Waals surface area (Å²) in [7, 11) is 1.64. The van der Waals surface area contributed by atoms with Crippen LogP contribution in [0.15, 0.2) is 30.3 Å². The van der Waals surface area contributed by atoms with Crippen molar-refractivity contribution in [2.75, 3.05) is 44.3 Å². The molecule has 3 aromatic rings. The van der Waals surface area contributed by atoms with E-state index in [0.29, 0.717) is 47.6 Å². The van der Waals surface area contributed by atoms with Crippen molar-refractivity contribution in [3.63, 3.8) is 0 Å². The Hall–Kier alpha value is -4.29. The molecular weight excluding hydrogens is 673 g/mol. The number of aryl methyl sites for hydroxylation is 1. The van der Waals surface area contributed by atoms with Crippen molar-refractivity contribution in [1.29, 1.82) is 0 Å². The number of benzene rings is 2. The number of piperidine rings is 2. The van der Waals surface area contributed by atoms with E-state index in [-0.39, 0.29) is 23.4 Å². The lowest BCUT2D eigenvalue weighted by molar-refractivity contribution is -0.138. The zero-order valence-corrected chi connectivity index (χ0v) is 30.3. The largest absolute Gasteiger partial charge is 0.496 e. The Morgan fingerprint density at radius 3 is 2.12 bits per heavy atom. The minimum Gasteiger partial charge on any atom is -0.496 e. The number of methoxy groups -OCH3 is 1. The highest BCUT2D eigenvalue weighted by Crippen LogP contribution is 2.43. The molecule has 2 aliphatic heterocycles. The van der Waals surface area contributed by atoms with E-state index in [4.69, 9.17) is 10.5 Å². The maximum atomic E-state index is 13.6. The van der Waals surface area contributed by atoms with Crippen LogP contribution in [-0.2, 0) is 11.0 Å². The van der Waals surface area contributed by atoms with E-state index >= 15 is 0 Å². The molecule has 1 atom stereocenters. The summed E-state index contributed by atoms with van der Waals surface area (Å²) in [5, 5.41) is 13.3. The molecule has 2 aromatic carbocycles. The van der Waals surface area contributed by atoms with Crippen molar-refractivity contribution in [3.8, 4) is 5.75 Å². The summed E-state index contributed by atoms with van der Waals surface area (Å²) in [5.41, 5.74) is 7.17. The van der Waals surface area contributed by atoms with Crippen LogP contribution < -0.4 is 15.8 Å².